The molecule has 142 valence electrons. The molecular formula is C20H35N3O2. The van der Waals surface area contributed by atoms with Crippen molar-refractivity contribution in [2.24, 2.45) is 11.8 Å². The van der Waals surface area contributed by atoms with Crippen molar-refractivity contribution in [3.05, 3.63) is 0 Å². The highest BCUT2D eigenvalue weighted by molar-refractivity contribution is 5.81. The molecule has 1 aliphatic carbocycles. The summed E-state index contributed by atoms with van der Waals surface area (Å²) in [5, 5.41) is 3.44. The summed E-state index contributed by atoms with van der Waals surface area (Å²) < 4.78 is 0. The first-order valence-corrected chi connectivity index (χ1v) is 10.3. The van der Waals surface area contributed by atoms with E-state index in [9.17, 15) is 9.59 Å². The number of nitrogens with one attached hydrogen (secondary N) is 1. The van der Waals surface area contributed by atoms with E-state index in [0.29, 0.717) is 23.8 Å². The van der Waals surface area contributed by atoms with Crippen molar-refractivity contribution in [2.75, 3.05) is 33.2 Å². The van der Waals surface area contributed by atoms with Crippen molar-refractivity contribution in [1.82, 2.24) is 15.1 Å². The predicted molar refractivity (Wildman–Crippen MR) is 99.4 cm³/mol. The SMILES string of the molecule is CC(=O)C1CCC(C(=O)N2CCC(N(C)C3CCNCC3)CC2)CC1. The molecule has 2 saturated heterocycles. The molecular weight excluding hydrogens is 314 g/mol. The van der Waals surface area contributed by atoms with Crippen molar-refractivity contribution in [1.29, 1.82) is 0 Å². The monoisotopic (exact) mass is 349 g/mol. The van der Waals surface area contributed by atoms with Gasteiger partial charge >= 0.3 is 0 Å². The molecule has 1 amide bonds. The van der Waals surface area contributed by atoms with Gasteiger partial charge < -0.3 is 15.1 Å². The molecule has 2 heterocycles. The minimum absolute atomic E-state index is 0.161. The molecule has 5 heteroatoms. The summed E-state index contributed by atoms with van der Waals surface area (Å²) in [7, 11) is 2.28. The van der Waals surface area contributed by atoms with Gasteiger partial charge in [-0.2, -0.15) is 0 Å². The summed E-state index contributed by atoms with van der Waals surface area (Å²) >= 11 is 0. The topological polar surface area (TPSA) is 52.7 Å². The molecule has 0 bridgehead atoms. The lowest BCUT2D eigenvalue weighted by molar-refractivity contribution is -0.139. The Morgan fingerprint density at radius 1 is 0.840 bits per heavy atom. The Hall–Kier alpha value is -0.940. The number of rotatable bonds is 4. The largest absolute Gasteiger partial charge is 0.342 e. The fourth-order valence-corrected chi connectivity index (χ4v) is 5.01. The van der Waals surface area contributed by atoms with Gasteiger partial charge in [0.2, 0.25) is 5.91 Å². The van der Waals surface area contributed by atoms with Gasteiger partial charge in [-0.1, -0.05) is 0 Å². The fraction of sp³-hybridized carbons (Fsp3) is 0.900. The van der Waals surface area contributed by atoms with Crippen LogP contribution in [0.15, 0.2) is 0 Å². The maximum absolute atomic E-state index is 12.8. The third-order valence-corrected chi connectivity index (χ3v) is 6.89. The first kappa shape index (κ1) is 18.8. The van der Waals surface area contributed by atoms with E-state index in [0.717, 1.165) is 64.7 Å². The van der Waals surface area contributed by atoms with E-state index in [2.05, 4.69) is 22.2 Å². The van der Waals surface area contributed by atoms with Gasteiger partial charge in [0.15, 0.2) is 0 Å². The third-order valence-electron chi connectivity index (χ3n) is 6.89. The number of likely N-dealkylation sites (tertiary alicyclic amines) is 1. The number of piperidine rings is 2. The number of carbonyl (C=O) groups is 2. The maximum atomic E-state index is 12.8. The molecule has 0 radical (unpaired) electrons. The van der Waals surface area contributed by atoms with Gasteiger partial charge in [0.1, 0.15) is 5.78 Å². The zero-order valence-corrected chi connectivity index (χ0v) is 16.0. The van der Waals surface area contributed by atoms with E-state index in [1.54, 1.807) is 6.92 Å². The van der Waals surface area contributed by atoms with Crippen molar-refractivity contribution in [3.8, 4) is 0 Å². The highest BCUT2D eigenvalue weighted by Gasteiger charge is 2.34. The van der Waals surface area contributed by atoms with Gasteiger partial charge in [-0.25, -0.2) is 0 Å². The second-order valence-electron chi connectivity index (χ2n) is 8.36. The summed E-state index contributed by atoms with van der Waals surface area (Å²) in [6.45, 7) is 5.78. The van der Waals surface area contributed by atoms with Crippen LogP contribution in [0.4, 0.5) is 0 Å². The molecule has 3 fully saturated rings. The van der Waals surface area contributed by atoms with Crippen molar-refractivity contribution >= 4 is 11.7 Å². The normalized spacial score (nSPS) is 29.8. The Bertz CT molecular complexity index is 460. The standard InChI is InChI=1S/C20H35N3O2/c1-15(24)16-3-5-17(6-4-16)20(25)23-13-9-19(10-14-23)22(2)18-7-11-21-12-8-18/h16-19,21H,3-14H2,1-2H3. The van der Waals surface area contributed by atoms with Crippen LogP contribution in [0, 0.1) is 11.8 Å². The van der Waals surface area contributed by atoms with Crippen LogP contribution in [0.3, 0.4) is 0 Å². The van der Waals surface area contributed by atoms with E-state index in [4.69, 9.17) is 0 Å². The maximum Gasteiger partial charge on any atom is 0.225 e. The lowest BCUT2D eigenvalue weighted by atomic mass is 9.79. The number of amides is 1. The predicted octanol–water partition coefficient (Wildman–Crippen LogP) is 2.06. The van der Waals surface area contributed by atoms with Crippen LogP contribution in [-0.4, -0.2) is 66.8 Å². The zero-order valence-electron chi connectivity index (χ0n) is 16.0. The smallest absolute Gasteiger partial charge is 0.225 e. The van der Waals surface area contributed by atoms with Gasteiger partial charge in [-0.3, -0.25) is 9.59 Å². The number of hydrogen-bond donors (Lipinski definition) is 1. The molecule has 5 nitrogen and oxygen atoms in total. The fourth-order valence-electron chi connectivity index (χ4n) is 5.01. The van der Waals surface area contributed by atoms with Crippen LogP contribution in [0.5, 0.6) is 0 Å². The van der Waals surface area contributed by atoms with Gasteiger partial charge in [-0.15, -0.1) is 0 Å². The van der Waals surface area contributed by atoms with Crippen LogP contribution in [0.2, 0.25) is 0 Å². The molecule has 1 saturated carbocycles. The van der Waals surface area contributed by atoms with Crippen LogP contribution in [0.1, 0.15) is 58.3 Å². The summed E-state index contributed by atoms with van der Waals surface area (Å²) in [5.74, 6) is 1.01. The van der Waals surface area contributed by atoms with Crippen molar-refractivity contribution < 1.29 is 9.59 Å². The van der Waals surface area contributed by atoms with E-state index >= 15 is 0 Å². The molecule has 25 heavy (non-hydrogen) atoms. The Morgan fingerprint density at radius 3 is 1.92 bits per heavy atom. The summed E-state index contributed by atoms with van der Waals surface area (Å²) in [4.78, 5) is 29.0. The number of Topliss-reactive ketones (excluding diaryl/α,β-unsaturated/α-hetero) is 1. The third kappa shape index (κ3) is 4.62. The molecule has 3 aliphatic rings. The minimum Gasteiger partial charge on any atom is -0.342 e. The van der Waals surface area contributed by atoms with E-state index in [1.807, 2.05) is 0 Å². The highest BCUT2D eigenvalue weighted by Crippen LogP contribution is 2.31. The number of ketones is 1. The van der Waals surface area contributed by atoms with Crippen molar-refractivity contribution in [2.45, 2.75) is 70.4 Å². The molecule has 0 spiro atoms. The molecule has 0 aromatic carbocycles. The van der Waals surface area contributed by atoms with Gasteiger partial charge in [0.25, 0.3) is 0 Å². The summed E-state index contributed by atoms with van der Waals surface area (Å²) in [6, 6.07) is 1.33. The lowest BCUT2D eigenvalue weighted by Gasteiger charge is -2.42. The van der Waals surface area contributed by atoms with Crippen LogP contribution in [0.25, 0.3) is 0 Å². The molecule has 0 aromatic rings. The first-order chi connectivity index (χ1) is 12.1. The first-order valence-electron chi connectivity index (χ1n) is 10.3. The molecule has 0 atom stereocenters. The Morgan fingerprint density at radius 2 is 1.36 bits per heavy atom. The molecule has 3 rings (SSSR count). The van der Waals surface area contributed by atoms with Gasteiger partial charge in [-0.05, 0) is 78.4 Å². The zero-order chi connectivity index (χ0) is 17.8. The number of nitrogens with zero attached hydrogens (tertiary/aromatic N) is 2. The molecule has 0 unspecified atom stereocenters. The highest BCUT2D eigenvalue weighted by atomic mass is 16.2. The molecule has 1 N–H and O–H groups in total. The Balaban J connectivity index is 1.44. The average Bonchev–Trinajstić information content (AvgIpc) is 2.67. The second kappa shape index (κ2) is 8.63. The quantitative estimate of drug-likeness (QED) is 0.844. The lowest BCUT2D eigenvalue weighted by Crippen LogP contribution is -2.51. The Labute approximate surface area is 152 Å². The second-order valence-corrected chi connectivity index (χ2v) is 8.36. The summed E-state index contributed by atoms with van der Waals surface area (Å²) in [6.07, 6.45) is 8.31. The summed E-state index contributed by atoms with van der Waals surface area (Å²) in [5.41, 5.74) is 0. The van der Waals surface area contributed by atoms with Gasteiger partial charge in [0, 0.05) is 37.0 Å². The van der Waals surface area contributed by atoms with E-state index in [1.165, 1.54) is 12.8 Å². The number of carbonyl (C=O) groups excluding carboxylic acids is 2. The molecule has 2 aliphatic heterocycles. The van der Waals surface area contributed by atoms with Crippen LogP contribution >= 0.6 is 0 Å². The van der Waals surface area contributed by atoms with Crippen LogP contribution in [-0.2, 0) is 9.59 Å². The average molecular weight is 350 g/mol. The van der Waals surface area contributed by atoms with E-state index < -0.39 is 0 Å². The Kier molecular flexibility index (Phi) is 6.50. The number of hydrogen-bond acceptors (Lipinski definition) is 4. The van der Waals surface area contributed by atoms with Crippen molar-refractivity contribution in [3.63, 3.8) is 0 Å². The minimum atomic E-state index is 0.161. The van der Waals surface area contributed by atoms with E-state index in [-0.39, 0.29) is 11.8 Å². The van der Waals surface area contributed by atoms with Gasteiger partial charge in [0.05, 0.1) is 0 Å². The molecule has 0 aromatic heterocycles. The van der Waals surface area contributed by atoms with Crippen LogP contribution < -0.4 is 5.32 Å².